The van der Waals surface area contributed by atoms with Crippen molar-refractivity contribution in [3.63, 3.8) is 0 Å². The van der Waals surface area contributed by atoms with E-state index < -0.39 is 6.04 Å². The van der Waals surface area contributed by atoms with E-state index in [1.165, 1.54) is 5.56 Å². The molecule has 0 spiro atoms. The first-order chi connectivity index (χ1) is 12.8. The number of piperazine rings is 1. The molecule has 0 bridgehead atoms. The Hall–Kier alpha value is -2.04. The van der Waals surface area contributed by atoms with E-state index in [1.54, 1.807) is 34.9 Å². The lowest BCUT2D eigenvalue weighted by Crippen LogP contribution is -2.57. The predicted molar refractivity (Wildman–Crippen MR) is 110 cm³/mol. The molecule has 142 valence electrons. The second-order valence-corrected chi connectivity index (χ2v) is 7.85. The van der Waals surface area contributed by atoms with Gasteiger partial charge in [0.2, 0.25) is 5.91 Å². The molecule has 0 aromatic heterocycles. The van der Waals surface area contributed by atoms with Crippen molar-refractivity contribution in [1.29, 1.82) is 0 Å². The Kier molecular flexibility index (Phi) is 5.78. The van der Waals surface area contributed by atoms with Crippen molar-refractivity contribution < 1.29 is 9.59 Å². The lowest BCUT2D eigenvalue weighted by molar-refractivity contribution is -0.124. The fraction of sp³-hybridized carbons (Fsp3) is 0.333. The van der Waals surface area contributed by atoms with Gasteiger partial charge in [0.25, 0.3) is 5.91 Å². The van der Waals surface area contributed by atoms with E-state index in [0.29, 0.717) is 34.6 Å². The van der Waals surface area contributed by atoms with Crippen LogP contribution in [0.2, 0.25) is 10.0 Å². The van der Waals surface area contributed by atoms with Crippen LogP contribution in [0.5, 0.6) is 0 Å². The fourth-order valence-electron chi connectivity index (χ4n) is 3.24. The van der Waals surface area contributed by atoms with Crippen molar-refractivity contribution in [3.05, 3.63) is 63.6 Å². The minimum absolute atomic E-state index is 0.0908. The molecule has 0 saturated carbocycles. The first-order valence-corrected chi connectivity index (χ1v) is 9.72. The van der Waals surface area contributed by atoms with E-state index in [-0.39, 0.29) is 11.8 Å². The van der Waals surface area contributed by atoms with Crippen molar-refractivity contribution in [3.8, 4) is 0 Å². The Morgan fingerprint density at radius 1 is 1.04 bits per heavy atom. The zero-order valence-corrected chi connectivity index (χ0v) is 17.1. The monoisotopic (exact) mass is 404 g/mol. The van der Waals surface area contributed by atoms with Crippen LogP contribution in [0.15, 0.2) is 42.5 Å². The van der Waals surface area contributed by atoms with Crippen molar-refractivity contribution in [2.75, 3.05) is 18.0 Å². The van der Waals surface area contributed by atoms with Gasteiger partial charge in [-0.1, -0.05) is 49.2 Å². The van der Waals surface area contributed by atoms with E-state index in [1.807, 2.05) is 24.3 Å². The average molecular weight is 405 g/mol. The van der Waals surface area contributed by atoms with Crippen LogP contribution in [-0.4, -0.2) is 35.8 Å². The van der Waals surface area contributed by atoms with Gasteiger partial charge in [-0.3, -0.25) is 9.59 Å². The Morgan fingerprint density at radius 2 is 1.70 bits per heavy atom. The summed E-state index contributed by atoms with van der Waals surface area (Å²) in [5.74, 6) is 0.130. The third kappa shape index (κ3) is 3.97. The summed E-state index contributed by atoms with van der Waals surface area (Å²) in [6.45, 7) is 6.94. The van der Waals surface area contributed by atoms with Crippen LogP contribution >= 0.6 is 23.2 Å². The maximum Gasteiger partial charge on any atom is 0.254 e. The fourth-order valence-corrected chi connectivity index (χ4v) is 3.54. The topological polar surface area (TPSA) is 40.6 Å². The summed E-state index contributed by atoms with van der Waals surface area (Å²) in [6, 6.07) is 12.2. The summed E-state index contributed by atoms with van der Waals surface area (Å²) in [7, 11) is 0. The standard InChI is InChI=1S/C21H22Cl2N2O2/c1-13(2)15-4-7-17(8-5-15)25-11-10-24(14(3)20(25)26)21(27)16-6-9-18(22)19(23)12-16/h4-9,12-14H,10-11H2,1-3H3/t14-/m1/s1. The number of hydrogen-bond acceptors (Lipinski definition) is 2. The predicted octanol–water partition coefficient (Wildman–Crippen LogP) is 4.99. The number of carbonyl (C=O) groups excluding carboxylic acids is 2. The molecule has 3 rings (SSSR count). The third-order valence-electron chi connectivity index (χ3n) is 4.95. The molecular weight excluding hydrogens is 383 g/mol. The Balaban J connectivity index is 1.77. The Bertz CT molecular complexity index is 865. The molecule has 1 aliphatic rings. The first kappa shape index (κ1) is 19.7. The van der Waals surface area contributed by atoms with Crippen molar-refractivity contribution in [1.82, 2.24) is 4.90 Å². The minimum atomic E-state index is -0.550. The van der Waals surface area contributed by atoms with Gasteiger partial charge in [0.1, 0.15) is 6.04 Å². The number of rotatable bonds is 3. The molecule has 0 radical (unpaired) electrons. The van der Waals surface area contributed by atoms with Gasteiger partial charge in [-0.15, -0.1) is 0 Å². The SMILES string of the molecule is CC(C)c1ccc(N2CCN(C(=O)c3ccc(Cl)c(Cl)c3)[C@H](C)C2=O)cc1. The highest BCUT2D eigenvalue weighted by molar-refractivity contribution is 6.42. The molecule has 27 heavy (non-hydrogen) atoms. The molecule has 2 aromatic carbocycles. The van der Waals surface area contributed by atoms with Crippen LogP contribution in [0.1, 0.15) is 42.6 Å². The quantitative estimate of drug-likeness (QED) is 0.722. The van der Waals surface area contributed by atoms with Crippen LogP contribution in [0, 0.1) is 0 Å². The van der Waals surface area contributed by atoms with Crippen LogP contribution in [0.3, 0.4) is 0 Å². The number of hydrogen-bond donors (Lipinski definition) is 0. The van der Waals surface area contributed by atoms with Crippen LogP contribution in [0.4, 0.5) is 5.69 Å². The van der Waals surface area contributed by atoms with Gasteiger partial charge in [0.05, 0.1) is 10.0 Å². The van der Waals surface area contributed by atoms with Crippen LogP contribution < -0.4 is 4.90 Å². The highest BCUT2D eigenvalue weighted by atomic mass is 35.5. The zero-order valence-electron chi connectivity index (χ0n) is 15.6. The van der Waals surface area contributed by atoms with Crippen LogP contribution in [0.25, 0.3) is 0 Å². The van der Waals surface area contributed by atoms with Gasteiger partial charge in [-0.2, -0.15) is 0 Å². The number of halogens is 2. The van der Waals surface area contributed by atoms with Gasteiger partial charge < -0.3 is 9.80 Å². The molecule has 1 aliphatic heterocycles. The Morgan fingerprint density at radius 3 is 2.30 bits per heavy atom. The molecular formula is C21H22Cl2N2O2. The molecule has 1 heterocycles. The van der Waals surface area contributed by atoms with E-state index >= 15 is 0 Å². The maximum absolute atomic E-state index is 12.9. The van der Waals surface area contributed by atoms with E-state index in [0.717, 1.165) is 5.69 Å². The highest BCUT2D eigenvalue weighted by Gasteiger charge is 2.35. The normalized spacial score (nSPS) is 17.6. The van der Waals surface area contributed by atoms with E-state index in [2.05, 4.69) is 13.8 Å². The van der Waals surface area contributed by atoms with Gasteiger partial charge >= 0.3 is 0 Å². The molecule has 1 atom stereocenters. The second kappa shape index (κ2) is 7.91. The van der Waals surface area contributed by atoms with Crippen molar-refractivity contribution in [2.24, 2.45) is 0 Å². The molecule has 1 fully saturated rings. The molecule has 0 unspecified atom stereocenters. The van der Waals surface area contributed by atoms with E-state index in [9.17, 15) is 9.59 Å². The van der Waals surface area contributed by atoms with Crippen molar-refractivity contribution >= 4 is 40.7 Å². The molecule has 6 heteroatoms. The summed E-state index contributed by atoms with van der Waals surface area (Å²) >= 11 is 11.9. The maximum atomic E-state index is 12.9. The minimum Gasteiger partial charge on any atom is -0.325 e. The summed E-state index contributed by atoms with van der Waals surface area (Å²) in [5, 5.41) is 0.720. The lowest BCUT2D eigenvalue weighted by atomic mass is 10.0. The largest absolute Gasteiger partial charge is 0.325 e. The molecule has 2 aromatic rings. The second-order valence-electron chi connectivity index (χ2n) is 7.04. The zero-order chi connectivity index (χ0) is 19.7. The van der Waals surface area contributed by atoms with E-state index in [4.69, 9.17) is 23.2 Å². The van der Waals surface area contributed by atoms with Crippen LogP contribution in [-0.2, 0) is 4.79 Å². The van der Waals surface area contributed by atoms with Crippen molar-refractivity contribution in [2.45, 2.75) is 32.7 Å². The molecule has 0 N–H and O–H groups in total. The summed E-state index contributed by atoms with van der Waals surface area (Å²) in [4.78, 5) is 29.1. The van der Waals surface area contributed by atoms with Gasteiger partial charge in [0, 0.05) is 24.3 Å². The smallest absolute Gasteiger partial charge is 0.254 e. The number of benzene rings is 2. The highest BCUT2D eigenvalue weighted by Crippen LogP contribution is 2.26. The number of nitrogens with zero attached hydrogens (tertiary/aromatic N) is 2. The third-order valence-corrected chi connectivity index (χ3v) is 5.69. The Labute approximate surface area is 169 Å². The van der Waals surface area contributed by atoms with Gasteiger partial charge in [0.15, 0.2) is 0 Å². The summed E-state index contributed by atoms with van der Waals surface area (Å²) in [6.07, 6.45) is 0. The van der Waals surface area contributed by atoms with Gasteiger partial charge in [-0.05, 0) is 48.7 Å². The lowest BCUT2D eigenvalue weighted by Gasteiger charge is -2.39. The average Bonchev–Trinajstić information content (AvgIpc) is 2.65. The molecule has 1 saturated heterocycles. The summed E-state index contributed by atoms with van der Waals surface area (Å²) in [5.41, 5.74) is 2.52. The number of anilines is 1. The first-order valence-electron chi connectivity index (χ1n) is 8.97. The molecule has 2 amide bonds. The molecule has 0 aliphatic carbocycles. The van der Waals surface area contributed by atoms with Gasteiger partial charge in [-0.25, -0.2) is 0 Å². The number of carbonyl (C=O) groups is 2. The number of amides is 2. The summed E-state index contributed by atoms with van der Waals surface area (Å²) < 4.78 is 0. The molecule has 4 nitrogen and oxygen atoms in total.